The van der Waals surface area contributed by atoms with Gasteiger partial charge in [-0.3, -0.25) is 4.79 Å². The molecule has 1 unspecified atom stereocenters. The maximum Gasteiger partial charge on any atom is 0.160 e. The van der Waals surface area contributed by atoms with Crippen LogP contribution in [0.4, 0.5) is 0 Å². The van der Waals surface area contributed by atoms with Crippen molar-refractivity contribution in [1.29, 1.82) is 0 Å². The molecule has 0 aliphatic heterocycles. The molecule has 0 radical (unpaired) electrons. The third-order valence-electron chi connectivity index (χ3n) is 2.85. The minimum absolute atomic E-state index is 0. The molecule has 1 aromatic rings. The maximum atomic E-state index is 11.3. The summed E-state index contributed by atoms with van der Waals surface area (Å²) in [6.07, 6.45) is 2.33. The van der Waals surface area contributed by atoms with Crippen molar-refractivity contribution < 1.29 is 9.90 Å². The minimum atomic E-state index is -0.377. The van der Waals surface area contributed by atoms with Gasteiger partial charge in [0.15, 0.2) is 5.78 Å². The molecule has 0 bridgehead atoms. The van der Waals surface area contributed by atoms with Crippen LogP contribution in [0.25, 0.3) is 0 Å². The number of carbonyl (C=O) groups excluding carboxylic acids is 1. The van der Waals surface area contributed by atoms with Crippen LogP contribution >= 0.6 is 0 Å². The average Bonchev–Trinajstić information content (AvgIpc) is 2.17. The Morgan fingerprint density at radius 2 is 2.20 bits per heavy atom. The van der Waals surface area contributed by atoms with E-state index in [2.05, 4.69) is 0 Å². The van der Waals surface area contributed by atoms with Crippen LogP contribution < -0.4 is 0 Å². The highest BCUT2D eigenvalue weighted by Crippen LogP contribution is 2.31. The number of Topliss-reactive ketones (excluding diaryl/α,β-unsaturated/α-hetero) is 1. The second kappa shape index (κ2) is 4.58. The maximum absolute atomic E-state index is 11.3. The van der Waals surface area contributed by atoms with E-state index in [1.807, 2.05) is 18.2 Å². The Bertz CT molecular complexity index is 369. The summed E-state index contributed by atoms with van der Waals surface area (Å²) in [4.78, 5) is 11.3. The molecule has 0 amide bonds. The molecule has 1 aliphatic rings. The zero-order valence-electron chi connectivity index (χ0n) is 8.29. The van der Waals surface area contributed by atoms with Crippen molar-refractivity contribution in [3.63, 3.8) is 0 Å². The van der Waals surface area contributed by atoms with Gasteiger partial charge in [0, 0.05) is 5.56 Å². The highest BCUT2D eigenvalue weighted by atomic mass is 16.3. The number of benzene rings is 1. The van der Waals surface area contributed by atoms with E-state index >= 15 is 0 Å². The Hall–Kier alpha value is -1.15. The van der Waals surface area contributed by atoms with Gasteiger partial charge in [-0.1, -0.05) is 25.6 Å². The summed E-state index contributed by atoms with van der Waals surface area (Å²) in [7, 11) is 0. The van der Waals surface area contributed by atoms with Gasteiger partial charge in [0.2, 0.25) is 0 Å². The minimum Gasteiger partial charge on any atom is -0.388 e. The topological polar surface area (TPSA) is 37.3 Å². The first-order valence-electron chi connectivity index (χ1n) is 5.01. The van der Waals surface area contributed by atoms with E-state index in [0.717, 1.165) is 36.0 Å². The normalized spacial score (nSPS) is 18.9. The average molecular weight is 206 g/mol. The first-order valence-corrected chi connectivity index (χ1v) is 5.01. The number of hydrogen-bond acceptors (Lipinski definition) is 2. The molecule has 0 spiro atoms. The second-order valence-corrected chi connectivity index (χ2v) is 3.84. The van der Waals surface area contributed by atoms with Crippen LogP contribution in [0.5, 0.6) is 0 Å². The number of carbonyl (C=O) groups is 1. The second-order valence-electron chi connectivity index (χ2n) is 3.84. The third-order valence-corrected chi connectivity index (χ3v) is 2.85. The molecule has 82 valence electrons. The molecule has 15 heavy (non-hydrogen) atoms. The number of fused-ring (bicyclic) bond motifs is 1. The van der Waals surface area contributed by atoms with Crippen molar-refractivity contribution >= 4 is 5.78 Å². The monoisotopic (exact) mass is 206 g/mol. The third kappa shape index (κ3) is 2.10. The van der Waals surface area contributed by atoms with Gasteiger partial charge in [-0.15, -0.1) is 0 Å². The zero-order valence-corrected chi connectivity index (χ0v) is 8.29. The number of aliphatic hydroxyl groups is 1. The molecule has 2 nitrogen and oxygen atoms in total. The molecule has 0 fully saturated rings. The van der Waals surface area contributed by atoms with E-state index in [4.69, 9.17) is 0 Å². The Balaban J connectivity index is 0.00000112. The first-order chi connectivity index (χ1) is 6.70. The van der Waals surface area contributed by atoms with E-state index in [1.54, 1.807) is 6.92 Å². The molecule has 0 saturated heterocycles. The lowest BCUT2D eigenvalue weighted by atomic mass is 9.85. The molecule has 1 atom stereocenters. The summed E-state index contributed by atoms with van der Waals surface area (Å²) in [6.45, 7) is 1.58. The van der Waals surface area contributed by atoms with Crippen LogP contribution in [0.3, 0.4) is 0 Å². The van der Waals surface area contributed by atoms with Crippen molar-refractivity contribution in [3.05, 3.63) is 34.9 Å². The quantitative estimate of drug-likeness (QED) is 0.717. The van der Waals surface area contributed by atoms with Gasteiger partial charge in [0.25, 0.3) is 0 Å². The first kappa shape index (κ1) is 11.9. The van der Waals surface area contributed by atoms with E-state index in [-0.39, 0.29) is 19.3 Å². The van der Waals surface area contributed by atoms with E-state index < -0.39 is 0 Å². The van der Waals surface area contributed by atoms with Crippen molar-refractivity contribution in [1.82, 2.24) is 0 Å². The van der Waals surface area contributed by atoms with E-state index in [1.165, 1.54) is 0 Å². The highest BCUT2D eigenvalue weighted by Gasteiger charge is 2.21. The molecule has 0 saturated carbocycles. The Morgan fingerprint density at radius 1 is 1.47 bits per heavy atom. The Kier molecular flexibility index (Phi) is 3.64. The molecule has 2 heteroatoms. The summed E-state index contributed by atoms with van der Waals surface area (Å²) in [5, 5.41) is 9.76. The molecule has 1 N–H and O–H groups in total. The Labute approximate surface area is 90.9 Å². The molecular weight excluding hydrogens is 188 g/mol. The van der Waals surface area contributed by atoms with Crippen LogP contribution in [-0.2, 0) is 6.42 Å². The number of rotatable bonds is 1. The van der Waals surface area contributed by atoms with Gasteiger partial charge < -0.3 is 5.11 Å². The van der Waals surface area contributed by atoms with Gasteiger partial charge >= 0.3 is 0 Å². The van der Waals surface area contributed by atoms with Gasteiger partial charge in [0.1, 0.15) is 0 Å². The van der Waals surface area contributed by atoms with Crippen molar-refractivity contribution in [2.24, 2.45) is 0 Å². The van der Waals surface area contributed by atoms with E-state index in [9.17, 15) is 9.90 Å². The number of hydrogen-bond donors (Lipinski definition) is 1. The fourth-order valence-corrected chi connectivity index (χ4v) is 2.15. The standard InChI is InChI=1S/C12H14O2.CH4/c1-8(13)9-4-2-6-11-10(9)5-3-7-12(11)14;/h2,4,6,12,14H,3,5,7H2,1H3;1H4. The van der Waals surface area contributed by atoms with Crippen molar-refractivity contribution in [3.8, 4) is 0 Å². The zero-order chi connectivity index (χ0) is 10.1. The molecule has 2 rings (SSSR count). The van der Waals surface area contributed by atoms with Crippen LogP contribution in [0.2, 0.25) is 0 Å². The lowest BCUT2D eigenvalue weighted by Crippen LogP contribution is -2.13. The predicted octanol–water partition coefficient (Wildman–Crippen LogP) is 2.90. The van der Waals surface area contributed by atoms with E-state index in [0.29, 0.717) is 0 Å². The summed E-state index contributed by atoms with van der Waals surface area (Å²) < 4.78 is 0. The summed E-state index contributed by atoms with van der Waals surface area (Å²) >= 11 is 0. The summed E-state index contributed by atoms with van der Waals surface area (Å²) in [5.41, 5.74) is 2.78. The number of ketones is 1. The largest absolute Gasteiger partial charge is 0.388 e. The van der Waals surface area contributed by atoms with Crippen LogP contribution in [0.15, 0.2) is 18.2 Å². The molecular formula is C13H18O2. The summed E-state index contributed by atoms with van der Waals surface area (Å²) in [5.74, 6) is 0.0935. The van der Waals surface area contributed by atoms with Crippen molar-refractivity contribution in [2.45, 2.75) is 39.7 Å². The fraction of sp³-hybridized carbons (Fsp3) is 0.462. The van der Waals surface area contributed by atoms with Gasteiger partial charge in [0.05, 0.1) is 6.10 Å². The van der Waals surface area contributed by atoms with Crippen LogP contribution in [0, 0.1) is 0 Å². The number of aliphatic hydroxyl groups excluding tert-OH is 1. The molecule has 1 aromatic carbocycles. The smallest absolute Gasteiger partial charge is 0.160 e. The predicted molar refractivity (Wildman–Crippen MR) is 61.1 cm³/mol. The van der Waals surface area contributed by atoms with Crippen molar-refractivity contribution in [2.75, 3.05) is 0 Å². The SMILES string of the molecule is C.CC(=O)c1cccc2c1CCCC2O. The summed E-state index contributed by atoms with van der Waals surface area (Å²) in [6, 6.07) is 5.62. The lowest BCUT2D eigenvalue weighted by molar-refractivity contribution is 0.101. The van der Waals surface area contributed by atoms with Gasteiger partial charge in [-0.05, 0) is 37.3 Å². The Morgan fingerprint density at radius 3 is 2.87 bits per heavy atom. The highest BCUT2D eigenvalue weighted by molar-refractivity contribution is 5.96. The van der Waals surface area contributed by atoms with Crippen LogP contribution in [0.1, 0.15) is 54.8 Å². The van der Waals surface area contributed by atoms with Gasteiger partial charge in [-0.25, -0.2) is 0 Å². The molecule has 0 heterocycles. The molecule has 1 aliphatic carbocycles. The fourth-order valence-electron chi connectivity index (χ4n) is 2.15. The van der Waals surface area contributed by atoms with Crippen LogP contribution in [-0.4, -0.2) is 10.9 Å². The van der Waals surface area contributed by atoms with Gasteiger partial charge in [-0.2, -0.15) is 0 Å². The lowest BCUT2D eigenvalue weighted by Gasteiger charge is -2.22. The molecule has 0 aromatic heterocycles.